The Morgan fingerprint density at radius 2 is 0.741 bits per heavy atom. The van der Waals surface area contributed by atoms with Crippen LogP contribution in [0.3, 0.4) is 0 Å². The van der Waals surface area contributed by atoms with Crippen molar-refractivity contribution in [2.45, 2.75) is 0 Å². The minimum Gasteiger partial charge on any atom is -0.496 e. The van der Waals surface area contributed by atoms with Crippen LogP contribution in [0.15, 0.2) is 194 Å². The SMILES string of the molecule is COc1cc(C=Cc2cc(C=Cc3ccc(C=C(c4ccccc4)c4ccccc4)c(OC)c3)c3ccccc3c2)ccc1C=C(c1ccccc1)c1ccccc1. The number of ether oxygens (including phenoxy) is 2. The van der Waals surface area contributed by atoms with Gasteiger partial charge in [0.2, 0.25) is 0 Å². The van der Waals surface area contributed by atoms with Gasteiger partial charge in [0.15, 0.2) is 0 Å². The van der Waals surface area contributed by atoms with E-state index in [9.17, 15) is 0 Å². The number of rotatable bonds is 12. The van der Waals surface area contributed by atoms with E-state index in [0.717, 1.165) is 78.3 Å². The van der Waals surface area contributed by atoms with E-state index >= 15 is 0 Å². The summed E-state index contributed by atoms with van der Waals surface area (Å²) in [6.07, 6.45) is 13.1. The first-order chi connectivity index (χ1) is 28.6. The molecule has 0 saturated carbocycles. The Hall–Kier alpha value is -7.42. The van der Waals surface area contributed by atoms with Gasteiger partial charge in [-0.2, -0.15) is 0 Å². The molecule has 0 unspecified atom stereocenters. The van der Waals surface area contributed by atoms with Crippen LogP contribution in [0.2, 0.25) is 0 Å². The largest absolute Gasteiger partial charge is 0.496 e. The second-order valence-electron chi connectivity index (χ2n) is 14.1. The van der Waals surface area contributed by atoms with Crippen molar-refractivity contribution < 1.29 is 9.47 Å². The maximum Gasteiger partial charge on any atom is 0.126 e. The quantitative estimate of drug-likeness (QED) is 0.116. The van der Waals surface area contributed by atoms with Crippen LogP contribution >= 0.6 is 0 Å². The van der Waals surface area contributed by atoms with Gasteiger partial charge >= 0.3 is 0 Å². The molecule has 0 bridgehead atoms. The third-order valence-corrected chi connectivity index (χ3v) is 10.3. The monoisotopic (exact) mass is 748 g/mol. The summed E-state index contributed by atoms with van der Waals surface area (Å²) in [6, 6.07) is 67.8. The molecule has 0 fully saturated rings. The van der Waals surface area contributed by atoms with Crippen LogP contribution in [-0.4, -0.2) is 14.2 Å². The molecular weight excluding hydrogens is 705 g/mol. The highest BCUT2D eigenvalue weighted by molar-refractivity contribution is 5.96. The van der Waals surface area contributed by atoms with Crippen LogP contribution in [0.25, 0.3) is 58.4 Å². The zero-order chi connectivity index (χ0) is 39.5. The molecule has 8 aromatic carbocycles. The van der Waals surface area contributed by atoms with Crippen LogP contribution in [0, 0.1) is 0 Å². The van der Waals surface area contributed by atoms with E-state index in [1.807, 2.05) is 24.3 Å². The average Bonchev–Trinajstić information content (AvgIpc) is 3.30. The number of hydrogen-bond donors (Lipinski definition) is 0. The second-order valence-corrected chi connectivity index (χ2v) is 14.1. The van der Waals surface area contributed by atoms with Gasteiger partial charge in [-0.05, 0) is 103 Å². The lowest BCUT2D eigenvalue weighted by atomic mass is 9.95. The summed E-state index contributed by atoms with van der Waals surface area (Å²) in [4.78, 5) is 0. The normalized spacial score (nSPS) is 11.1. The summed E-state index contributed by atoms with van der Waals surface area (Å²) in [7, 11) is 3.47. The fraction of sp³-hybridized carbons (Fsp3) is 0.0357. The molecule has 2 heteroatoms. The van der Waals surface area contributed by atoms with Gasteiger partial charge in [0.25, 0.3) is 0 Å². The average molecular weight is 749 g/mol. The first kappa shape index (κ1) is 37.5. The fourth-order valence-electron chi connectivity index (χ4n) is 7.33. The minimum absolute atomic E-state index is 0.821. The molecule has 0 spiro atoms. The van der Waals surface area contributed by atoms with Crippen LogP contribution in [-0.2, 0) is 0 Å². The van der Waals surface area contributed by atoms with E-state index in [1.165, 1.54) is 10.8 Å². The summed E-state index contributed by atoms with van der Waals surface area (Å²) < 4.78 is 11.9. The predicted octanol–water partition coefficient (Wildman–Crippen LogP) is 14.4. The molecule has 0 amide bonds. The van der Waals surface area contributed by atoms with Crippen molar-refractivity contribution in [3.8, 4) is 11.5 Å². The highest BCUT2D eigenvalue weighted by Gasteiger charge is 2.10. The van der Waals surface area contributed by atoms with Gasteiger partial charge in [0, 0.05) is 11.1 Å². The van der Waals surface area contributed by atoms with Gasteiger partial charge < -0.3 is 9.47 Å². The Balaban J connectivity index is 1.08. The molecule has 8 rings (SSSR count). The van der Waals surface area contributed by atoms with Crippen molar-refractivity contribution in [1.29, 1.82) is 0 Å². The predicted molar refractivity (Wildman–Crippen MR) is 248 cm³/mol. The second kappa shape index (κ2) is 18.0. The molecule has 58 heavy (non-hydrogen) atoms. The van der Waals surface area contributed by atoms with E-state index in [0.29, 0.717) is 0 Å². The lowest BCUT2D eigenvalue weighted by molar-refractivity contribution is 0.413. The van der Waals surface area contributed by atoms with Crippen LogP contribution in [0.5, 0.6) is 11.5 Å². The van der Waals surface area contributed by atoms with E-state index in [2.05, 4.69) is 206 Å². The van der Waals surface area contributed by atoms with Gasteiger partial charge in [-0.3, -0.25) is 0 Å². The molecule has 0 aromatic heterocycles. The third kappa shape index (κ3) is 8.83. The van der Waals surface area contributed by atoms with Crippen LogP contribution in [0.1, 0.15) is 55.6 Å². The number of fused-ring (bicyclic) bond motifs is 1. The van der Waals surface area contributed by atoms with Gasteiger partial charge in [-0.1, -0.05) is 194 Å². The Morgan fingerprint density at radius 3 is 1.19 bits per heavy atom. The smallest absolute Gasteiger partial charge is 0.126 e. The lowest BCUT2D eigenvalue weighted by Gasteiger charge is -2.12. The maximum atomic E-state index is 5.96. The highest BCUT2D eigenvalue weighted by atomic mass is 16.5. The fourth-order valence-corrected chi connectivity index (χ4v) is 7.33. The van der Waals surface area contributed by atoms with E-state index in [4.69, 9.17) is 9.47 Å². The summed E-state index contributed by atoms with van der Waals surface area (Å²) in [5.74, 6) is 1.64. The van der Waals surface area contributed by atoms with Crippen molar-refractivity contribution in [3.63, 3.8) is 0 Å². The van der Waals surface area contributed by atoms with Crippen molar-refractivity contribution in [2.75, 3.05) is 14.2 Å². The molecule has 8 aromatic rings. The molecule has 0 aliphatic heterocycles. The Bertz CT molecular complexity index is 2680. The minimum atomic E-state index is 0.821. The van der Waals surface area contributed by atoms with Gasteiger partial charge in [0.1, 0.15) is 11.5 Å². The number of benzene rings is 8. The van der Waals surface area contributed by atoms with Gasteiger partial charge in [-0.15, -0.1) is 0 Å². The Labute approximate surface area is 342 Å². The summed E-state index contributed by atoms with van der Waals surface area (Å²) in [6.45, 7) is 0. The molecule has 0 aliphatic rings. The van der Waals surface area contributed by atoms with Crippen molar-refractivity contribution in [1.82, 2.24) is 0 Å². The molecule has 2 nitrogen and oxygen atoms in total. The molecule has 0 aliphatic carbocycles. The highest BCUT2D eigenvalue weighted by Crippen LogP contribution is 2.33. The first-order valence-electron chi connectivity index (χ1n) is 19.6. The first-order valence-corrected chi connectivity index (χ1v) is 19.6. The molecule has 0 atom stereocenters. The summed E-state index contributed by atoms with van der Waals surface area (Å²) >= 11 is 0. The third-order valence-electron chi connectivity index (χ3n) is 10.3. The standard InChI is InChI=1S/C56H44O2/c1-57-55-37-41(30-33-50(55)39-53(44-17-7-3-8-18-44)45-19-9-4-10-20-45)27-28-43-35-48-25-15-16-26-52(48)49(36-43)32-29-42-31-34-51(56(38-42)58-2)40-54(46-21-11-5-12-22-46)47-23-13-6-14-24-47/h3-40H,1-2H3. The van der Waals surface area contributed by atoms with Crippen molar-refractivity contribution in [3.05, 3.63) is 250 Å². The molecule has 0 N–H and O–H groups in total. The number of methoxy groups -OCH3 is 2. The summed E-state index contributed by atoms with van der Waals surface area (Å²) in [5.41, 5.74) is 13.3. The van der Waals surface area contributed by atoms with Gasteiger partial charge in [0.05, 0.1) is 14.2 Å². The summed E-state index contributed by atoms with van der Waals surface area (Å²) in [5, 5.41) is 2.38. The lowest BCUT2D eigenvalue weighted by Crippen LogP contribution is -1.92. The molecule has 0 saturated heterocycles. The van der Waals surface area contributed by atoms with Gasteiger partial charge in [-0.25, -0.2) is 0 Å². The van der Waals surface area contributed by atoms with Crippen LogP contribution < -0.4 is 9.47 Å². The topological polar surface area (TPSA) is 18.5 Å². The van der Waals surface area contributed by atoms with E-state index < -0.39 is 0 Å². The zero-order valence-corrected chi connectivity index (χ0v) is 32.8. The Morgan fingerprint density at radius 1 is 0.345 bits per heavy atom. The molecule has 0 radical (unpaired) electrons. The number of hydrogen-bond acceptors (Lipinski definition) is 2. The molecule has 0 heterocycles. The molecule has 280 valence electrons. The van der Waals surface area contributed by atoms with E-state index in [1.54, 1.807) is 14.2 Å². The van der Waals surface area contributed by atoms with Crippen LogP contribution in [0.4, 0.5) is 0 Å². The zero-order valence-electron chi connectivity index (χ0n) is 32.8. The molecular formula is C56H44O2. The van der Waals surface area contributed by atoms with E-state index in [-0.39, 0.29) is 0 Å². The van der Waals surface area contributed by atoms with Crippen molar-refractivity contribution >= 4 is 58.4 Å². The Kier molecular flexibility index (Phi) is 11.7. The maximum absolute atomic E-state index is 5.96. The van der Waals surface area contributed by atoms with Crippen molar-refractivity contribution in [2.24, 2.45) is 0 Å².